The number of aliphatic hydroxyl groups is 1. The highest BCUT2D eigenvalue weighted by Gasteiger charge is 2.29. The summed E-state index contributed by atoms with van der Waals surface area (Å²) in [4.78, 5) is 0. The van der Waals surface area contributed by atoms with Crippen molar-refractivity contribution >= 4 is 34.8 Å². The van der Waals surface area contributed by atoms with Crippen LogP contribution in [-0.2, 0) is 0 Å². The molecule has 0 fully saturated rings. The van der Waals surface area contributed by atoms with Crippen LogP contribution in [0.3, 0.4) is 0 Å². The van der Waals surface area contributed by atoms with Gasteiger partial charge >= 0.3 is 0 Å². The van der Waals surface area contributed by atoms with Gasteiger partial charge < -0.3 is 5.11 Å². The van der Waals surface area contributed by atoms with Gasteiger partial charge in [0, 0.05) is 12.8 Å². The van der Waals surface area contributed by atoms with Gasteiger partial charge in [0.25, 0.3) is 0 Å². The van der Waals surface area contributed by atoms with Crippen LogP contribution in [0.15, 0.2) is 0 Å². The second-order valence-electron chi connectivity index (χ2n) is 4.42. The smallest absolute Gasteiger partial charge is 0.216 e. The normalized spacial score (nSPS) is 12.9. The van der Waals surface area contributed by atoms with E-state index in [0.29, 0.717) is 6.42 Å². The fourth-order valence-corrected chi connectivity index (χ4v) is 1.96. The average molecular weight is 314 g/mol. The predicted octanol–water partition coefficient (Wildman–Crippen LogP) is 5.25. The SMILES string of the molecule is CCC#CCCCCCCCC[C@H](O)C(Cl)(Cl)Cl. The molecule has 0 saturated carbocycles. The van der Waals surface area contributed by atoms with Gasteiger partial charge in [-0.05, 0) is 12.8 Å². The first kappa shape index (κ1) is 18.4. The van der Waals surface area contributed by atoms with Gasteiger partial charge in [-0.1, -0.05) is 73.8 Å². The largest absolute Gasteiger partial charge is 0.389 e. The minimum absolute atomic E-state index is 0.554. The Bertz CT molecular complexity index is 250. The van der Waals surface area contributed by atoms with Gasteiger partial charge in [-0.3, -0.25) is 0 Å². The summed E-state index contributed by atoms with van der Waals surface area (Å²) < 4.78 is -1.54. The number of halogens is 3. The summed E-state index contributed by atoms with van der Waals surface area (Å²) in [7, 11) is 0. The zero-order valence-electron chi connectivity index (χ0n) is 11.0. The van der Waals surface area contributed by atoms with E-state index in [-0.39, 0.29) is 0 Å². The molecule has 4 heteroatoms. The Morgan fingerprint density at radius 3 is 2.06 bits per heavy atom. The fourth-order valence-electron chi connectivity index (χ4n) is 1.64. The van der Waals surface area contributed by atoms with Crippen molar-refractivity contribution in [1.29, 1.82) is 0 Å². The summed E-state index contributed by atoms with van der Waals surface area (Å²) in [6.45, 7) is 2.07. The zero-order valence-corrected chi connectivity index (χ0v) is 13.3. The van der Waals surface area contributed by atoms with Crippen LogP contribution < -0.4 is 0 Å². The Kier molecular flexibility index (Phi) is 11.5. The molecule has 0 heterocycles. The minimum atomic E-state index is -1.54. The van der Waals surface area contributed by atoms with E-state index in [9.17, 15) is 5.11 Å². The quantitative estimate of drug-likeness (QED) is 0.368. The van der Waals surface area contributed by atoms with Crippen molar-refractivity contribution in [1.82, 2.24) is 0 Å². The van der Waals surface area contributed by atoms with E-state index in [4.69, 9.17) is 34.8 Å². The lowest BCUT2D eigenvalue weighted by Gasteiger charge is -2.18. The van der Waals surface area contributed by atoms with Crippen molar-refractivity contribution in [2.45, 2.75) is 74.6 Å². The summed E-state index contributed by atoms with van der Waals surface area (Å²) in [5, 5.41) is 9.50. The van der Waals surface area contributed by atoms with Gasteiger partial charge in [-0.25, -0.2) is 0 Å². The van der Waals surface area contributed by atoms with Crippen molar-refractivity contribution in [3.8, 4) is 11.8 Å². The van der Waals surface area contributed by atoms with Gasteiger partial charge in [-0.15, -0.1) is 11.8 Å². The van der Waals surface area contributed by atoms with Crippen LogP contribution in [0.1, 0.15) is 64.7 Å². The number of aliphatic hydroxyl groups excluding tert-OH is 1. The molecule has 0 saturated heterocycles. The molecular formula is C14H23Cl3O. The lowest BCUT2D eigenvalue weighted by atomic mass is 10.1. The molecule has 18 heavy (non-hydrogen) atoms. The third-order valence-corrected chi connectivity index (χ3v) is 3.46. The maximum Gasteiger partial charge on any atom is 0.216 e. The Labute approximate surface area is 126 Å². The standard InChI is InChI=1S/C14H23Cl3O/c1-2-3-4-5-6-7-8-9-10-11-12-13(18)14(15,16)17/h13,18H,2,5-12H2,1H3/t13-/m0/s1. The number of alkyl halides is 3. The molecule has 0 aromatic carbocycles. The monoisotopic (exact) mass is 312 g/mol. The van der Waals surface area contributed by atoms with Crippen LogP contribution in [0, 0.1) is 11.8 Å². The van der Waals surface area contributed by atoms with Crippen molar-refractivity contribution in [3.05, 3.63) is 0 Å². The highest BCUT2D eigenvalue weighted by molar-refractivity contribution is 6.68. The molecule has 0 aliphatic rings. The Hall–Kier alpha value is 0.390. The first-order valence-electron chi connectivity index (χ1n) is 6.69. The van der Waals surface area contributed by atoms with E-state index < -0.39 is 9.90 Å². The Balaban J connectivity index is 3.26. The second-order valence-corrected chi connectivity index (χ2v) is 6.79. The van der Waals surface area contributed by atoms with Gasteiger partial charge in [-0.2, -0.15) is 0 Å². The topological polar surface area (TPSA) is 20.2 Å². The fraction of sp³-hybridized carbons (Fsp3) is 0.857. The summed E-state index contributed by atoms with van der Waals surface area (Å²) in [6.07, 6.45) is 8.46. The molecule has 0 aliphatic carbocycles. The summed E-state index contributed by atoms with van der Waals surface area (Å²) in [5.41, 5.74) is 0. The van der Waals surface area contributed by atoms with E-state index in [1.165, 1.54) is 25.7 Å². The van der Waals surface area contributed by atoms with Crippen LogP contribution in [0.5, 0.6) is 0 Å². The van der Waals surface area contributed by atoms with E-state index in [1.54, 1.807) is 0 Å². The molecule has 0 aromatic heterocycles. The summed E-state index contributed by atoms with van der Waals surface area (Å²) >= 11 is 16.7. The highest BCUT2D eigenvalue weighted by atomic mass is 35.6. The van der Waals surface area contributed by atoms with Crippen molar-refractivity contribution < 1.29 is 5.11 Å². The molecule has 106 valence electrons. The molecule has 0 spiro atoms. The maximum absolute atomic E-state index is 9.50. The number of rotatable bonds is 8. The minimum Gasteiger partial charge on any atom is -0.389 e. The molecule has 0 aromatic rings. The number of unbranched alkanes of at least 4 members (excludes halogenated alkanes) is 6. The van der Waals surface area contributed by atoms with Crippen molar-refractivity contribution in [2.75, 3.05) is 0 Å². The zero-order chi connectivity index (χ0) is 13.9. The number of hydrogen-bond acceptors (Lipinski definition) is 1. The lowest BCUT2D eigenvalue weighted by molar-refractivity contribution is 0.164. The molecule has 0 rings (SSSR count). The van der Waals surface area contributed by atoms with Crippen LogP contribution in [0.25, 0.3) is 0 Å². The number of hydrogen-bond donors (Lipinski definition) is 1. The van der Waals surface area contributed by atoms with Crippen LogP contribution in [0.2, 0.25) is 0 Å². The molecule has 1 N–H and O–H groups in total. The predicted molar refractivity (Wildman–Crippen MR) is 81.3 cm³/mol. The van der Waals surface area contributed by atoms with Crippen LogP contribution >= 0.6 is 34.8 Å². The highest BCUT2D eigenvalue weighted by Crippen LogP contribution is 2.32. The first-order chi connectivity index (χ1) is 8.48. The van der Waals surface area contributed by atoms with Gasteiger partial charge in [0.1, 0.15) is 6.10 Å². The Morgan fingerprint density at radius 1 is 0.944 bits per heavy atom. The van der Waals surface area contributed by atoms with Gasteiger partial charge in [0.05, 0.1) is 0 Å². The van der Waals surface area contributed by atoms with Crippen LogP contribution in [0.4, 0.5) is 0 Å². The average Bonchev–Trinajstić information content (AvgIpc) is 2.30. The lowest BCUT2D eigenvalue weighted by Crippen LogP contribution is -2.24. The van der Waals surface area contributed by atoms with Crippen molar-refractivity contribution in [2.24, 2.45) is 0 Å². The molecule has 0 unspecified atom stereocenters. The first-order valence-corrected chi connectivity index (χ1v) is 7.82. The molecule has 0 amide bonds. The van der Waals surface area contributed by atoms with E-state index in [1.807, 2.05) is 0 Å². The molecule has 0 radical (unpaired) electrons. The van der Waals surface area contributed by atoms with Gasteiger partial charge in [0.2, 0.25) is 3.79 Å². The van der Waals surface area contributed by atoms with Crippen LogP contribution in [-0.4, -0.2) is 15.0 Å². The molecular weight excluding hydrogens is 291 g/mol. The molecule has 0 bridgehead atoms. The van der Waals surface area contributed by atoms with E-state index >= 15 is 0 Å². The molecule has 1 atom stereocenters. The maximum atomic E-state index is 9.50. The second kappa shape index (κ2) is 11.2. The molecule has 1 nitrogen and oxygen atoms in total. The summed E-state index contributed by atoms with van der Waals surface area (Å²) in [5.74, 6) is 6.21. The van der Waals surface area contributed by atoms with Gasteiger partial charge in [0.15, 0.2) is 0 Å². The summed E-state index contributed by atoms with van der Waals surface area (Å²) in [6, 6.07) is 0. The Morgan fingerprint density at radius 2 is 1.50 bits per heavy atom. The third kappa shape index (κ3) is 11.5. The third-order valence-electron chi connectivity index (χ3n) is 2.71. The van der Waals surface area contributed by atoms with Crippen molar-refractivity contribution in [3.63, 3.8) is 0 Å². The van der Waals surface area contributed by atoms with E-state index in [2.05, 4.69) is 18.8 Å². The molecule has 0 aliphatic heterocycles. The van der Waals surface area contributed by atoms with E-state index in [0.717, 1.165) is 25.7 Å².